The predicted octanol–water partition coefficient (Wildman–Crippen LogP) is 3.67. The Balaban J connectivity index is 1.99. The summed E-state index contributed by atoms with van der Waals surface area (Å²) in [7, 11) is 1.51. The van der Waals surface area contributed by atoms with Gasteiger partial charge in [0.05, 0.1) is 12.5 Å². The molecule has 3 rings (SSSR count). The van der Waals surface area contributed by atoms with E-state index in [0.717, 1.165) is 32.1 Å². The molecular weight excluding hydrogens is 264 g/mol. The van der Waals surface area contributed by atoms with Crippen LogP contribution in [0.25, 0.3) is 0 Å². The van der Waals surface area contributed by atoms with Crippen LogP contribution in [0.2, 0.25) is 0 Å². The number of methoxy groups -OCH3 is 1. The van der Waals surface area contributed by atoms with Gasteiger partial charge < -0.3 is 4.74 Å². The van der Waals surface area contributed by atoms with Gasteiger partial charge in [0.2, 0.25) is 0 Å². The molecule has 0 aliphatic heterocycles. The van der Waals surface area contributed by atoms with Crippen LogP contribution < -0.4 is 0 Å². The number of fused-ring (bicyclic) bond motifs is 3. The highest BCUT2D eigenvalue weighted by atomic mass is 16.5. The second-order valence-electron chi connectivity index (χ2n) is 7.64. The van der Waals surface area contributed by atoms with Crippen LogP contribution in [0.1, 0.15) is 58.8 Å². The van der Waals surface area contributed by atoms with Crippen molar-refractivity contribution in [3.63, 3.8) is 0 Å². The number of hydrogen-bond acceptors (Lipinski definition) is 3. The van der Waals surface area contributed by atoms with Gasteiger partial charge in [-0.3, -0.25) is 9.59 Å². The van der Waals surface area contributed by atoms with E-state index in [1.807, 2.05) is 6.08 Å². The second-order valence-corrected chi connectivity index (χ2v) is 7.64. The summed E-state index contributed by atoms with van der Waals surface area (Å²) in [4.78, 5) is 24.1. The van der Waals surface area contributed by atoms with E-state index in [0.29, 0.717) is 18.3 Å². The third-order valence-corrected chi connectivity index (χ3v) is 6.62. The van der Waals surface area contributed by atoms with Gasteiger partial charge in [-0.2, -0.15) is 0 Å². The van der Waals surface area contributed by atoms with Crippen LogP contribution in [0.4, 0.5) is 0 Å². The number of ether oxygens (including phenoxy) is 1. The third-order valence-electron chi connectivity index (χ3n) is 6.62. The van der Waals surface area contributed by atoms with Gasteiger partial charge in [-0.05, 0) is 62.4 Å². The Labute approximate surface area is 127 Å². The average molecular weight is 290 g/mol. The predicted molar refractivity (Wildman–Crippen MR) is 80.6 cm³/mol. The van der Waals surface area contributed by atoms with E-state index in [1.165, 1.54) is 19.1 Å². The first-order valence-electron chi connectivity index (χ1n) is 8.23. The van der Waals surface area contributed by atoms with Crippen LogP contribution in [0.3, 0.4) is 0 Å². The molecule has 0 spiro atoms. The summed E-state index contributed by atoms with van der Waals surface area (Å²) >= 11 is 0. The summed E-state index contributed by atoms with van der Waals surface area (Å²) < 4.78 is 5.13. The van der Waals surface area contributed by atoms with Crippen LogP contribution in [-0.4, -0.2) is 18.9 Å². The lowest BCUT2D eigenvalue weighted by molar-refractivity contribution is -0.168. The summed E-state index contributed by atoms with van der Waals surface area (Å²) in [5, 5.41) is 0. The lowest BCUT2D eigenvalue weighted by Crippen LogP contribution is -2.54. The molecule has 4 atom stereocenters. The van der Waals surface area contributed by atoms with Crippen molar-refractivity contribution in [2.45, 2.75) is 58.8 Å². The van der Waals surface area contributed by atoms with E-state index in [1.54, 1.807) is 0 Å². The van der Waals surface area contributed by atoms with Crippen molar-refractivity contribution in [2.75, 3.05) is 7.11 Å². The zero-order chi connectivity index (χ0) is 15.3. The van der Waals surface area contributed by atoms with Crippen molar-refractivity contribution in [3.8, 4) is 0 Å². The number of ketones is 1. The summed E-state index contributed by atoms with van der Waals surface area (Å²) in [6.45, 7) is 4.45. The molecule has 0 aromatic rings. The Morgan fingerprint density at radius 3 is 2.71 bits per heavy atom. The Bertz CT molecular complexity index is 507. The zero-order valence-corrected chi connectivity index (χ0v) is 13.4. The minimum absolute atomic E-state index is 0.0438. The fourth-order valence-corrected chi connectivity index (χ4v) is 5.62. The number of allylic oxidation sites excluding steroid dienone is 2. The molecule has 3 aliphatic rings. The second kappa shape index (κ2) is 4.96. The summed E-state index contributed by atoms with van der Waals surface area (Å²) in [5.41, 5.74) is 1.14. The van der Waals surface area contributed by atoms with E-state index in [2.05, 4.69) is 13.8 Å². The lowest BCUT2D eigenvalue weighted by Gasteiger charge is -2.58. The lowest BCUT2D eigenvalue weighted by atomic mass is 9.46. The van der Waals surface area contributed by atoms with Crippen LogP contribution in [0.15, 0.2) is 11.6 Å². The Morgan fingerprint density at radius 1 is 1.24 bits per heavy atom. The van der Waals surface area contributed by atoms with Gasteiger partial charge in [-0.25, -0.2) is 0 Å². The van der Waals surface area contributed by atoms with Crippen molar-refractivity contribution < 1.29 is 14.3 Å². The van der Waals surface area contributed by atoms with E-state index in [4.69, 9.17) is 4.74 Å². The van der Waals surface area contributed by atoms with Crippen LogP contribution in [0.5, 0.6) is 0 Å². The first kappa shape index (κ1) is 14.8. The van der Waals surface area contributed by atoms with Gasteiger partial charge in [0.15, 0.2) is 5.78 Å². The highest BCUT2D eigenvalue weighted by Crippen LogP contribution is 2.62. The third kappa shape index (κ3) is 2.08. The summed E-state index contributed by atoms with van der Waals surface area (Å²) in [6.07, 6.45) is 8.71. The van der Waals surface area contributed by atoms with Gasteiger partial charge in [0.25, 0.3) is 0 Å². The maximum Gasteiger partial charge on any atom is 0.311 e. The topological polar surface area (TPSA) is 43.4 Å². The fraction of sp³-hybridized carbons (Fsp3) is 0.778. The fourth-order valence-electron chi connectivity index (χ4n) is 5.62. The summed E-state index contributed by atoms with van der Waals surface area (Å²) in [5.74, 6) is 1.10. The summed E-state index contributed by atoms with van der Waals surface area (Å²) in [6, 6.07) is 0. The number of hydrogen-bond donors (Lipinski definition) is 0. The van der Waals surface area contributed by atoms with Crippen molar-refractivity contribution in [1.82, 2.24) is 0 Å². The van der Waals surface area contributed by atoms with Crippen molar-refractivity contribution in [2.24, 2.45) is 22.7 Å². The average Bonchev–Trinajstić information content (AvgIpc) is 2.45. The minimum Gasteiger partial charge on any atom is -0.469 e. The van der Waals surface area contributed by atoms with Crippen molar-refractivity contribution in [3.05, 3.63) is 11.6 Å². The van der Waals surface area contributed by atoms with E-state index >= 15 is 0 Å². The van der Waals surface area contributed by atoms with Crippen molar-refractivity contribution in [1.29, 1.82) is 0 Å². The van der Waals surface area contributed by atoms with Gasteiger partial charge >= 0.3 is 5.97 Å². The molecule has 0 aromatic carbocycles. The van der Waals surface area contributed by atoms with Gasteiger partial charge in [0, 0.05) is 6.42 Å². The molecule has 0 amide bonds. The smallest absolute Gasteiger partial charge is 0.311 e. The molecule has 0 unspecified atom stereocenters. The molecule has 2 saturated carbocycles. The molecule has 0 radical (unpaired) electrons. The molecule has 0 bridgehead atoms. The highest BCUT2D eigenvalue weighted by Gasteiger charge is 2.58. The van der Waals surface area contributed by atoms with Crippen LogP contribution in [0, 0.1) is 22.7 Å². The standard InChI is InChI=1S/C18H26O3/c1-17-9-4-10-18(2,16(20)21-3)15(17)8-5-12-11-13(19)6-7-14(12)17/h11,14-15H,4-10H2,1-3H3/t14-,15-,17-,18-/m1/s1. The molecule has 116 valence electrons. The monoisotopic (exact) mass is 290 g/mol. The van der Waals surface area contributed by atoms with Crippen LogP contribution >= 0.6 is 0 Å². The molecule has 21 heavy (non-hydrogen) atoms. The largest absolute Gasteiger partial charge is 0.469 e. The van der Waals surface area contributed by atoms with Gasteiger partial charge in [0.1, 0.15) is 0 Å². The zero-order valence-electron chi connectivity index (χ0n) is 13.4. The Kier molecular flexibility index (Phi) is 3.50. The first-order chi connectivity index (χ1) is 9.91. The SMILES string of the molecule is COC(=O)[C@]1(C)CCC[C@]2(C)[C@@H]3CCC(=O)C=C3CC[C@H]21. The molecule has 3 nitrogen and oxygen atoms in total. The van der Waals surface area contributed by atoms with E-state index in [9.17, 15) is 9.59 Å². The molecule has 0 heterocycles. The number of carbonyl (C=O) groups is 2. The van der Waals surface area contributed by atoms with Crippen LogP contribution in [-0.2, 0) is 14.3 Å². The maximum atomic E-state index is 12.4. The van der Waals surface area contributed by atoms with Gasteiger partial charge in [-0.15, -0.1) is 0 Å². The number of rotatable bonds is 1. The Morgan fingerprint density at radius 2 is 2.00 bits per heavy atom. The number of carbonyl (C=O) groups excluding carboxylic acids is 2. The molecule has 3 heteroatoms. The molecule has 0 saturated heterocycles. The normalized spacial score (nSPS) is 42.6. The molecule has 3 aliphatic carbocycles. The van der Waals surface area contributed by atoms with E-state index in [-0.39, 0.29) is 22.6 Å². The first-order valence-corrected chi connectivity index (χ1v) is 8.23. The molecule has 0 N–H and O–H groups in total. The molecule has 2 fully saturated rings. The molecule has 0 aromatic heterocycles. The van der Waals surface area contributed by atoms with Crippen molar-refractivity contribution >= 4 is 11.8 Å². The number of esters is 1. The van der Waals surface area contributed by atoms with Gasteiger partial charge in [-0.1, -0.05) is 18.9 Å². The highest BCUT2D eigenvalue weighted by molar-refractivity contribution is 5.91. The van der Waals surface area contributed by atoms with E-state index < -0.39 is 0 Å². The minimum atomic E-state index is -0.352. The molecular formula is C18H26O3. The Hall–Kier alpha value is -1.12. The maximum absolute atomic E-state index is 12.4. The quantitative estimate of drug-likeness (QED) is 0.692.